The van der Waals surface area contributed by atoms with Gasteiger partial charge in [0.05, 0.1) is 0 Å². The molecule has 0 radical (unpaired) electrons. The highest BCUT2D eigenvalue weighted by atomic mass is 32.1. The zero-order valence-corrected chi connectivity index (χ0v) is 15.6. The van der Waals surface area contributed by atoms with Crippen molar-refractivity contribution in [3.63, 3.8) is 0 Å². The van der Waals surface area contributed by atoms with E-state index in [1.165, 1.54) is 25.7 Å². The molecule has 2 rings (SSSR count). The van der Waals surface area contributed by atoms with Crippen molar-refractivity contribution in [1.29, 1.82) is 0 Å². The number of carbonyl (C=O) groups excluding carboxylic acids is 1. The number of nitrogens with one attached hydrogen (secondary N) is 2. The number of amides is 1. The Kier molecular flexibility index (Phi) is 7.50. The summed E-state index contributed by atoms with van der Waals surface area (Å²) >= 11 is 5.39. The molecular weight excluding hydrogens is 318 g/mol. The van der Waals surface area contributed by atoms with Crippen molar-refractivity contribution in [2.24, 2.45) is 5.92 Å². The van der Waals surface area contributed by atoms with Crippen molar-refractivity contribution in [2.75, 3.05) is 23.3 Å². The Bertz CT molecular complexity index is 544. The van der Waals surface area contributed by atoms with Crippen LogP contribution in [0.1, 0.15) is 52.4 Å². The molecule has 1 atom stereocenters. The first-order chi connectivity index (χ1) is 11.6. The first kappa shape index (κ1) is 18.7. The van der Waals surface area contributed by atoms with E-state index in [0.717, 1.165) is 30.9 Å². The predicted molar refractivity (Wildman–Crippen MR) is 106 cm³/mol. The summed E-state index contributed by atoms with van der Waals surface area (Å²) in [5.74, 6) is 0.888. The van der Waals surface area contributed by atoms with Gasteiger partial charge in [0.1, 0.15) is 0 Å². The van der Waals surface area contributed by atoms with Crippen LogP contribution in [0.3, 0.4) is 0 Å². The second-order valence-corrected chi connectivity index (χ2v) is 6.86. The largest absolute Gasteiger partial charge is 0.362 e. The Morgan fingerprint density at radius 2 is 2.04 bits per heavy atom. The molecule has 5 heteroatoms. The molecule has 0 aliphatic carbocycles. The number of hydrogen-bond donors (Lipinski definition) is 2. The summed E-state index contributed by atoms with van der Waals surface area (Å²) in [4.78, 5) is 13.6. The standard InChI is InChI=1S/C19H29N3OS/c1-3-5-7-15(4-2)14-20-19(24)21-16-9-11-17(12-10-16)22-13-6-8-18(22)23/h9-12,15H,3-8,13-14H2,1-2H3,(H2,20,21,24)/t15-/m1/s1. The fraction of sp³-hybridized carbons (Fsp3) is 0.579. The van der Waals surface area contributed by atoms with Gasteiger partial charge in [-0.25, -0.2) is 0 Å². The van der Waals surface area contributed by atoms with Crippen LogP contribution in [0.15, 0.2) is 24.3 Å². The maximum atomic E-state index is 11.8. The minimum atomic E-state index is 0.214. The Balaban J connectivity index is 1.80. The smallest absolute Gasteiger partial charge is 0.227 e. The predicted octanol–water partition coefficient (Wildman–Crippen LogP) is 4.32. The SMILES string of the molecule is CCCC[C@@H](CC)CNC(=S)Nc1ccc(N2CCCC2=O)cc1. The summed E-state index contributed by atoms with van der Waals surface area (Å²) < 4.78 is 0. The minimum Gasteiger partial charge on any atom is -0.362 e. The van der Waals surface area contributed by atoms with E-state index in [4.69, 9.17) is 12.2 Å². The summed E-state index contributed by atoms with van der Waals surface area (Å²) in [5, 5.41) is 7.21. The van der Waals surface area contributed by atoms with Crippen LogP contribution in [0.2, 0.25) is 0 Å². The van der Waals surface area contributed by atoms with Crippen LogP contribution in [0.4, 0.5) is 11.4 Å². The molecule has 1 aromatic carbocycles. The highest BCUT2D eigenvalue weighted by molar-refractivity contribution is 7.80. The summed E-state index contributed by atoms with van der Waals surface area (Å²) in [7, 11) is 0. The van der Waals surface area contributed by atoms with Gasteiger partial charge in [0.2, 0.25) is 5.91 Å². The van der Waals surface area contributed by atoms with Crippen molar-refractivity contribution in [1.82, 2.24) is 5.32 Å². The molecule has 132 valence electrons. The number of carbonyl (C=O) groups is 1. The van der Waals surface area contributed by atoms with Crippen molar-refractivity contribution >= 4 is 34.6 Å². The quantitative estimate of drug-likeness (QED) is 0.688. The highest BCUT2D eigenvalue weighted by Crippen LogP contribution is 2.23. The zero-order chi connectivity index (χ0) is 17.4. The van der Waals surface area contributed by atoms with Gasteiger partial charge in [-0.1, -0.05) is 33.1 Å². The van der Waals surface area contributed by atoms with Crippen LogP contribution in [0.25, 0.3) is 0 Å². The van der Waals surface area contributed by atoms with E-state index in [1.807, 2.05) is 29.2 Å². The number of thiocarbonyl (C=S) groups is 1. The van der Waals surface area contributed by atoms with Gasteiger partial charge in [-0.05, 0) is 55.2 Å². The van der Waals surface area contributed by atoms with E-state index in [-0.39, 0.29) is 5.91 Å². The lowest BCUT2D eigenvalue weighted by atomic mass is 9.99. The van der Waals surface area contributed by atoms with E-state index in [0.29, 0.717) is 17.5 Å². The van der Waals surface area contributed by atoms with Gasteiger partial charge in [-0.2, -0.15) is 0 Å². The average Bonchev–Trinajstić information content (AvgIpc) is 3.02. The van der Waals surface area contributed by atoms with Crippen LogP contribution in [-0.2, 0) is 4.79 Å². The molecule has 1 aliphatic rings. The molecule has 0 spiro atoms. The fourth-order valence-corrected chi connectivity index (χ4v) is 3.20. The maximum Gasteiger partial charge on any atom is 0.227 e. The second-order valence-electron chi connectivity index (χ2n) is 6.45. The third kappa shape index (κ3) is 5.48. The van der Waals surface area contributed by atoms with Crippen LogP contribution in [0.5, 0.6) is 0 Å². The Morgan fingerprint density at radius 1 is 1.29 bits per heavy atom. The molecule has 0 saturated carbocycles. The lowest BCUT2D eigenvalue weighted by Crippen LogP contribution is -2.32. The topological polar surface area (TPSA) is 44.4 Å². The van der Waals surface area contributed by atoms with Crippen molar-refractivity contribution in [3.05, 3.63) is 24.3 Å². The van der Waals surface area contributed by atoms with Gasteiger partial charge < -0.3 is 15.5 Å². The number of hydrogen-bond acceptors (Lipinski definition) is 2. The number of anilines is 2. The average molecular weight is 348 g/mol. The number of rotatable bonds is 8. The fourth-order valence-electron chi connectivity index (χ4n) is 3.00. The molecule has 0 unspecified atom stereocenters. The Hall–Kier alpha value is -1.62. The molecule has 1 aromatic rings. The Morgan fingerprint density at radius 3 is 2.62 bits per heavy atom. The van der Waals surface area contributed by atoms with Crippen LogP contribution < -0.4 is 15.5 Å². The summed E-state index contributed by atoms with van der Waals surface area (Å²) in [6.07, 6.45) is 6.55. The van der Waals surface area contributed by atoms with E-state index in [2.05, 4.69) is 24.5 Å². The molecule has 4 nitrogen and oxygen atoms in total. The van der Waals surface area contributed by atoms with Gasteiger partial charge in [-0.15, -0.1) is 0 Å². The van der Waals surface area contributed by atoms with Crippen molar-refractivity contribution < 1.29 is 4.79 Å². The number of unbranched alkanes of at least 4 members (excludes halogenated alkanes) is 1. The van der Waals surface area contributed by atoms with Crippen molar-refractivity contribution in [2.45, 2.75) is 52.4 Å². The molecule has 24 heavy (non-hydrogen) atoms. The van der Waals surface area contributed by atoms with E-state index in [9.17, 15) is 4.79 Å². The molecule has 1 saturated heterocycles. The summed E-state index contributed by atoms with van der Waals surface area (Å²) in [6, 6.07) is 7.90. The normalized spacial score (nSPS) is 15.4. The first-order valence-corrected chi connectivity index (χ1v) is 9.50. The lowest BCUT2D eigenvalue weighted by Gasteiger charge is -2.18. The first-order valence-electron chi connectivity index (χ1n) is 9.09. The molecule has 1 fully saturated rings. The molecule has 1 amide bonds. The maximum absolute atomic E-state index is 11.8. The zero-order valence-electron chi connectivity index (χ0n) is 14.8. The van der Waals surface area contributed by atoms with E-state index >= 15 is 0 Å². The molecule has 0 aromatic heterocycles. The van der Waals surface area contributed by atoms with Gasteiger partial charge in [0.15, 0.2) is 5.11 Å². The van der Waals surface area contributed by atoms with Crippen molar-refractivity contribution in [3.8, 4) is 0 Å². The van der Waals surface area contributed by atoms with Gasteiger partial charge >= 0.3 is 0 Å². The lowest BCUT2D eigenvalue weighted by molar-refractivity contribution is -0.117. The molecule has 2 N–H and O–H groups in total. The molecular formula is C19H29N3OS. The Labute approximate surface area is 151 Å². The minimum absolute atomic E-state index is 0.214. The van der Waals surface area contributed by atoms with Crippen LogP contribution >= 0.6 is 12.2 Å². The number of benzene rings is 1. The van der Waals surface area contributed by atoms with Gasteiger partial charge in [-0.3, -0.25) is 4.79 Å². The third-order valence-electron chi connectivity index (χ3n) is 4.60. The van der Waals surface area contributed by atoms with Gasteiger partial charge in [0, 0.05) is 30.9 Å². The second kappa shape index (κ2) is 9.62. The third-order valence-corrected chi connectivity index (χ3v) is 4.85. The van der Waals surface area contributed by atoms with Gasteiger partial charge in [0.25, 0.3) is 0 Å². The monoisotopic (exact) mass is 347 g/mol. The van der Waals surface area contributed by atoms with E-state index < -0.39 is 0 Å². The molecule has 0 bridgehead atoms. The number of nitrogens with zero attached hydrogens (tertiary/aromatic N) is 1. The summed E-state index contributed by atoms with van der Waals surface area (Å²) in [6.45, 7) is 6.20. The highest BCUT2D eigenvalue weighted by Gasteiger charge is 2.21. The van der Waals surface area contributed by atoms with Crippen LogP contribution in [-0.4, -0.2) is 24.1 Å². The molecule has 1 aliphatic heterocycles. The molecule has 1 heterocycles. The van der Waals surface area contributed by atoms with E-state index in [1.54, 1.807) is 0 Å². The van der Waals surface area contributed by atoms with Crippen LogP contribution in [0, 0.1) is 5.92 Å². The summed E-state index contributed by atoms with van der Waals surface area (Å²) in [5.41, 5.74) is 1.91.